The van der Waals surface area contributed by atoms with Crippen LogP contribution in [-0.2, 0) is 49.6 Å². The molecule has 0 aliphatic heterocycles. The third-order valence-electron chi connectivity index (χ3n) is 8.41. The Bertz CT molecular complexity index is 1470. The molecule has 1 saturated carbocycles. The average molecular weight is 791 g/mol. The molecule has 2 aromatic rings. The van der Waals surface area contributed by atoms with E-state index in [1.807, 2.05) is 23.9 Å². The molecule has 0 saturated heterocycles. The molecule has 1 atom stereocenters. The fourth-order valence-electron chi connectivity index (χ4n) is 5.63. The number of primary amides is 1. The summed E-state index contributed by atoms with van der Waals surface area (Å²) in [5.41, 5.74) is 9.24. The zero-order chi connectivity index (χ0) is 38.8. The molecule has 0 radical (unpaired) electrons. The summed E-state index contributed by atoms with van der Waals surface area (Å²) in [4.78, 5) is 68.4. The van der Waals surface area contributed by atoms with E-state index in [9.17, 15) is 24.0 Å². The van der Waals surface area contributed by atoms with Gasteiger partial charge in [0.1, 0.15) is 12.3 Å². The molecule has 298 valence electrons. The second-order valence-electron chi connectivity index (χ2n) is 12.7. The van der Waals surface area contributed by atoms with Gasteiger partial charge in [-0.25, -0.2) is 21.6 Å². The summed E-state index contributed by atoms with van der Waals surface area (Å²) in [5, 5.41) is 8.27. The number of ether oxygens (including phenoxy) is 4. The van der Waals surface area contributed by atoms with Gasteiger partial charge >= 0.3 is 0 Å². The van der Waals surface area contributed by atoms with E-state index >= 15 is 0 Å². The molecule has 1 aromatic heterocycles. The fourth-order valence-corrected chi connectivity index (χ4v) is 7.42. The number of nitrogens with two attached hydrogens (primary N) is 1. The highest BCUT2D eigenvalue weighted by Gasteiger charge is 2.22. The molecule has 0 bridgehead atoms. The minimum atomic E-state index is -1.16. The Kier molecular flexibility index (Phi) is 22.8. The topological polar surface area (TPSA) is 210 Å². The summed E-state index contributed by atoms with van der Waals surface area (Å²) in [7, 11) is 2.07. The van der Waals surface area contributed by atoms with E-state index in [0.29, 0.717) is 63.3 Å². The Morgan fingerprint density at radius 3 is 2.09 bits per heavy atom. The number of benzene rings is 1. The summed E-state index contributed by atoms with van der Waals surface area (Å²) in [6.45, 7) is 2.53. The van der Waals surface area contributed by atoms with E-state index in [-0.39, 0.29) is 38.5 Å². The smallest absolute Gasteiger partial charge is 0.251 e. The van der Waals surface area contributed by atoms with Crippen molar-refractivity contribution < 1.29 is 42.9 Å². The van der Waals surface area contributed by atoms with E-state index in [4.69, 9.17) is 34.6 Å². The number of nitrogens with one attached hydrogen (secondary N) is 3. The lowest BCUT2D eigenvalue weighted by Crippen LogP contribution is -2.49. The highest BCUT2D eigenvalue weighted by atomic mass is 32.2. The molecule has 0 unspecified atom stereocenters. The van der Waals surface area contributed by atoms with Gasteiger partial charge in [0, 0.05) is 35.3 Å². The van der Waals surface area contributed by atoms with Crippen LogP contribution in [0.3, 0.4) is 0 Å². The summed E-state index contributed by atoms with van der Waals surface area (Å²) in [6, 6.07) is 4.32. The van der Waals surface area contributed by atoms with E-state index < -0.39 is 23.8 Å². The monoisotopic (exact) mass is 790 g/mol. The molecule has 1 aromatic carbocycles. The van der Waals surface area contributed by atoms with E-state index in [2.05, 4.69) is 23.1 Å². The van der Waals surface area contributed by atoms with Crippen LogP contribution in [0.4, 0.5) is 0 Å². The number of carbonyl (C=O) groups is 5. The van der Waals surface area contributed by atoms with Crippen molar-refractivity contribution in [1.82, 2.24) is 25.9 Å². The number of aromatic nitrogens is 2. The van der Waals surface area contributed by atoms with Gasteiger partial charge in [0.2, 0.25) is 17.7 Å². The molecular weight excluding hydrogens is 735 g/mol. The number of rotatable bonds is 27. The molecule has 0 spiro atoms. The molecular formula is C36H55BN6O9S2. The number of thioether (sulfide) groups is 1. The van der Waals surface area contributed by atoms with Crippen molar-refractivity contribution in [3.63, 3.8) is 0 Å². The number of carbonyl (C=O) groups excluding carboxylic acids is 5. The predicted molar refractivity (Wildman–Crippen MR) is 212 cm³/mol. The lowest BCUT2D eigenvalue weighted by molar-refractivity contribution is -0.131. The van der Waals surface area contributed by atoms with Crippen LogP contribution in [0.15, 0.2) is 18.2 Å². The molecule has 1 aliphatic rings. The van der Waals surface area contributed by atoms with Gasteiger partial charge in [-0.15, -0.1) is 0 Å². The fraction of sp³-hybridized carbons (Fsp3) is 0.639. The van der Waals surface area contributed by atoms with Crippen molar-refractivity contribution in [2.45, 2.75) is 80.6 Å². The SMILES string of the molecule is BSCc1nc2cc(C(=O)NCCOCCOCCOCCOCCC(=O)N[C@@H](CC(N)=O)C(=O)NCC=O)ccc2nc1CSC1CCCCCCC1. The Morgan fingerprint density at radius 1 is 0.833 bits per heavy atom. The maximum absolute atomic E-state index is 12.8. The van der Waals surface area contributed by atoms with Crippen LogP contribution in [0.2, 0.25) is 0 Å². The summed E-state index contributed by atoms with van der Waals surface area (Å²) < 4.78 is 21.9. The van der Waals surface area contributed by atoms with Crippen molar-refractivity contribution in [1.29, 1.82) is 0 Å². The maximum Gasteiger partial charge on any atom is 0.251 e. The van der Waals surface area contributed by atoms with E-state index in [1.54, 1.807) is 17.7 Å². The number of aldehydes is 1. The first-order valence-corrected chi connectivity index (χ1v) is 21.0. The summed E-state index contributed by atoms with van der Waals surface area (Å²) >= 11 is 3.75. The minimum absolute atomic E-state index is 0.0404. The number of fused-ring (bicyclic) bond motifs is 1. The first-order valence-electron chi connectivity index (χ1n) is 18.6. The Labute approximate surface area is 326 Å². The van der Waals surface area contributed by atoms with Gasteiger partial charge in [-0.3, -0.25) is 19.2 Å². The largest absolute Gasteiger partial charge is 0.379 e. The van der Waals surface area contributed by atoms with Gasteiger partial charge < -0.3 is 45.4 Å². The van der Waals surface area contributed by atoms with Crippen molar-refractivity contribution in [2.75, 3.05) is 65.9 Å². The predicted octanol–water partition coefficient (Wildman–Crippen LogP) is 1.62. The first kappa shape index (κ1) is 45.1. The minimum Gasteiger partial charge on any atom is -0.379 e. The van der Waals surface area contributed by atoms with Gasteiger partial charge in [-0.2, -0.15) is 11.8 Å². The lowest BCUT2D eigenvalue weighted by atomic mass is 10.0. The summed E-state index contributed by atoms with van der Waals surface area (Å²) in [5.74, 6) is -0.477. The zero-order valence-electron chi connectivity index (χ0n) is 31.3. The second kappa shape index (κ2) is 27.3. The van der Waals surface area contributed by atoms with Crippen molar-refractivity contribution >= 4 is 71.4 Å². The molecule has 18 heteroatoms. The molecule has 1 fully saturated rings. The Hall–Kier alpha value is -3.29. The van der Waals surface area contributed by atoms with Gasteiger partial charge in [-0.05, 0) is 31.0 Å². The number of hydrogen-bond donors (Lipinski definition) is 4. The lowest BCUT2D eigenvalue weighted by Gasteiger charge is -2.19. The van der Waals surface area contributed by atoms with Crippen LogP contribution in [0.25, 0.3) is 11.0 Å². The van der Waals surface area contributed by atoms with E-state index in [1.165, 1.54) is 44.9 Å². The van der Waals surface area contributed by atoms with Crippen molar-refractivity contribution in [3.8, 4) is 0 Å². The van der Waals surface area contributed by atoms with Crippen LogP contribution in [0.5, 0.6) is 0 Å². The van der Waals surface area contributed by atoms with Crippen LogP contribution in [-0.4, -0.2) is 124 Å². The van der Waals surface area contributed by atoms with Crippen molar-refractivity contribution in [3.05, 3.63) is 35.2 Å². The quantitative estimate of drug-likeness (QED) is 0.0577. The Morgan fingerprint density at radius 2 is 1.44 bits per heavy atom. The van der Waals surface area contributed by atoms with Gasteiger partial charge in [-0.1, -0.05) is 32.1 Å². The molecule has 1 heterocycles. The number of nitrogens with zero attached hydrogens (tertiary/aromatic N) is 2. The normalized spacial score (nSPS) is 14.1. The maximum atomic E-state index is 12.8. The van der Waals surface area contributed by atoms with E-state index in [0.717, 1.165) is 33.9 Å². The third kappa shape index (κ3) is 18.4. The first-order chi connectivity index (χ1) is 26.3. The van der Waals surface area contributed by atoms with Gasteiger partial charge in [0.25, 0.3) is 5.91 Å². The van der Waals surface area contributed by atoms with Crippen LogP contribution >= 0.6 is 23.4 Å². The standard InChI is InChI=1S/C36H55BN6O9S2/c37-54-25-32-31(24-53-27-6-4-2-1-3-5-7-27)41-28-9-8-26(22-29(28)42-32)35(47)40-12-15-50-17-19-52-21-20-51-18-16-49-14-10-34(46)43-30(23-33(38)45)36(48)39-11-13-44/h8-9,13,22,27,30H,1-7,10-12,14-21,23-25,37H2,(H2,38,45)(H,39,48)(H,40,47)(H,43,46)/t30-/m0/s1. The third-order valence-corrected chi connectivity index (χ3v) is 10.4. The average Bonchev–Trinajstić information content (AvgIpc) is 3.14. The number of hydrogen-bond acceptors (Lipinski definition) is 13. The van der Waals surface area contributed by atoms with Gasteiger partial charge in [0.15, 0.2) is 7.12 Å². The van der Waals surface area contributed by atoms with Crippen LogP contribution < -0.4 is 21.7 Å². The molecule has 5 N–H and O–H groups in total. The number of amides is 4. The highest BCUT2D eigenvalue weighted by Crippen LogP contribution is 2.30. The zero-order valence-corrected chi connectivity index (χ0v) is 32.9. The second-order valence-corrected chi connectivity index (χ2v) is 14.8. The molecule has 1 aliphatic carbocycles. The highest BCUT2D eigenvalue weighted by molar-refractivity contribution is 8.19. The summed E-state index contributed by atoms with van der Waals surface area (Å²) in [6.07, 6.45) is 9.32. The van der Waals surface area contributed by atoms with Gasteiger partial charge in [0.05, 0.1) is 88.2 Å². The molecule has 3 rings (SSSR count). The molecule has 54 heavy (non-hydrogen) atoms. The van der Waals surface area contributed by atoms with Crippen LogP contribution in [0.1, 0.15) is 79.5 Å². The molecule has 15 nitrogen and oxygen atoms in total. The van der Waals surface area contributed by atoms with Crippen molar-refractivity contribution in [2.24, 2.45) is 5.73 Å². The van der Waals surface area contributed by atoms with Crippen LogP contribution in [0, 0.1) is 0 Å². The molecule has 4 amide bonds. The Balaban J connectivity index is 1.22.